The third-order valence-electron chi connectivity index (χ3n) is 3.22. The number of benzene rings is 1. The lowest BCUT2D eigenvalue weighted by Crippen LogP contribution is -2.48. The molecule has 0 aliphatic carbocycles. The molecule has 1 fully saturated rings. The van der Waals surface area contributed by atoms with Gasteiger partial charge in [-0.05, 0) is 53.4 Å². The van der Waals surface area contributed by atoms with E-state index in [-0.39, 0.29) is 5.54 Å². The van der Waals surface area contributed by atoms with Crippen LogP contribution in [0.25, 0.3) is 0 Å². The van der Waals surface area contributed by atoms with Gasteiger partial charge in [0.25, 0.3) is 0 Å². The first-order chi connectivity index (χ1) is 8.09. The van der Waals surface area contributed by atoms with Crippen molar-refractivity contribution in [3.63, 3.8) is 0 Å². The van der Waals surface area contributed by atoms with Crippen LogP contribution >= 0.6 is 15.9 Å². The van der Waals surface area contributed by atoms with Crippen LogP contribution in [0, 0.1) is 0 Å². The Labute approximate surface area is 111 Å². The first-order valence-electron chi connectivity index (χ1n) is 5.96. The Morgan fingerprint density at radius 1 is 1.53 bits per heavy atom. The largest absolute Gasteiger partial charge is 0.398 e. The van der Waals surface area contributed by atoms with Crippen molar-refractivity contribution in [1.82, 2.24) is 5.32 Å². The number of nitrogens with two attached hydrogens (primary N) is 1. The van der Waals surface area contributed by atoms with Crippen molar-refractivity contribution >= 4 is 21.6 Å². The van der Waals surface area contributed by atoms with Gasteiger partial charge >= 0.3 is 0 Å². The van der Waals surface area contributed by atoms with Gasteiger partial charge < -0.3 is 15.8 Å². The minimum atomic E-state index is 0.103. The molecule has 1 saturated heterocycles. The minimum absolute atomic E-state index is 0.103. The molecule has 0 radical (unpaired) electrons. The van der Waals surface area contributed by atoms with E-state index in [2.05, 4.69) is 40.3 Å². The summed E-state index contributed by atoms with van der Waals surface area (Å²) >= 11 is 3.45. The number of ether oxygens (including phenoxy) is 1. The maximum atomic E-state index is 5.77. The zero-order valence-electron chi connectivity index (χ0n) is 10.1. The highest BCUT2D eigenvalue weighted by Gasteiger charge is 2.26. The van der Waals surface area contributed by atoms with E-state index < -0.39 is 0 Å². The number of hydrogen-bond donors (Lipinski definition) is 2. The van der Waals surface area contributed by atoms with Crippen molar-refractivity contribution in [2.45, 2.75) is 31.8 Å². The topological polar surface area (TPSA) is 47.3 Å². The third kappa shape index (κ3) is 3.44. The number of anilines is 1. The minimum Gasteiger partial charge on any atom is -0.398 e. The van der Waals surface area contributed by atoms with Gasteiger partial charge in [0.15, 0.2) is 0 Å². The van der Waals surface area contributed by atoms with Gasteiger partial charge in [0, 0.05) is 28.9 Å². The van der Waals surface area contributed by atoms with Crippen molar-refractivity contribution in [2.24, 2.45) is 0 Å². The van der Waals surface area contributed by atoms with Crippen LogP contribution in [0.4, 0.5) is 5.69 Å². The average molecular weight is 299 g/mol. The fourth-order valence-corrected chi connectivity index (χ4v) is 2.50. The molecule has 1 unspecified atom stereocenters. The first-order valence-corrected chi connectivity index (χ1v) is 6.75. The van der Waals surface area contributed by atoms with Gasteiger partial charge in [-0.15, -0.1) is 0 Å². The van der Waals surface area contributed by atoms with Crippen molar-refractivity contribution in [3.8, 4) is 0 Å². The van der Waals surface area contributed by atoms with Crippen LogP contribution in [0.2, 0.25) is 0 Å². The van der Waals surface area contributed by atoms with Gasteiger partial charge in [-0.25, -0.2) is 0 Å². The molecule has 1 aliphatic heterocycles. The summed E-state index contributed by atoms with van der Waals surface area (Å²) in [7, 11) is 0. The third-order valence-corrected chi connectivity index (χ3v) is 3.91. The van der Waals surface area contributed by atoms with Crippen molar-refractivity contribution in [3.05, 3.63) is 28.2 Å². The fraction of sp³-hybridized carbons (Fsp3) is 0.538. The fourth-order valence-electron chi connectivity index (χ4n) is 2.07. The van der Waals surface area contributed by atoms with Crippen LogP contribution < -0.4 is 11.1 Å². The van der Waals surface area contributed by atoms with Crippen LogP contribution in [0.1, 0.15) is 25.3 Å². The van der Waals surface area contributed by atoms with Crippen LogP contribution in [0.5, 0.6) is 0 Å². The Balaban J connectivity index is 1.94. The maximum Gasteiger partial charge on any atom is 0.0645 e. The SMILES string of the molecule is CC1(NCc2ccc(N)c(Br)c2)CCCOC1. The van der Waals surface area contributed by atoms with E-state index in [9.17, 15) is 0 Å². The molecular weight excluding hydrogens is 280 g/mol. The van der Waals surface area contributed by atoms with Crippen molar-refractivity contribution < 1.29 is 4.74 Å². The highest BCUT2D eigenvalue weighted by Crippen LogP contribution is 2.22. The molecule has 0 amide bonds. The van der Waals surface area contributed by atoms with Gasteiger partial charge in [0.2, 0.25) is 0 Å². The Morgan fingerprint density at radius 2 is 2.35 bits per heavy atom. The summed E-state index contributed by atoms with van der Waals surface area (Å²) in [6.07, 6.45) is 2.30. The molecule has 2 rings (SSSR count). The van der Waals surface area contributed by atoms with E-state index in [1.54, 1.807) is 0 Å². The lowest BCUT2D eigenvalue weighted by atomic mass is 9.94. The highest BCUT2D eigenvalue weighted by molar-refractivity contribution is 9.10. The molecule has 3 nitrogen and oxygen atoms in total. The lowest BCUT2D eigenvalue weighted by Gasteiger charge is -2.34. The van der Waals surface area contributed by atoms with E-state index in [4.69, 9.17) is 10.5 Å². The second-order valence-corrected chi connectivity index (χ2v) is 5.78. The molecule has 0 bridgehead atoms. The molecule has 1 atom stereocenters. The van der Waals surface area contributed by atoms with Gasteiger partial charge in [-0.3, -0.25) is 0 Å². The first kappa shape index (κ1) is 12.9. The summed E-state index contributed by atoms with van der Waals surface area (Å²) in [6.45, 7) is 4.76. The molecule has 1 aromatic rings. The summed E-state index contributed by atoms with van der Waals surface area (Å²) in [6, 6.07) is 6.05. The molecule has 3 N–H and O–H groups in total. The second kappa shape index (κ2) is 5.38. The van der Waals surface area contributed by atoms with Gasteiger partial charge in [0.05, 0.1) is 6.61 Å². The Hall–Kier alpha value is -0.580. The number of nitrogen functional groups attached to an aromatic ring is 1. The monoisotopic (exact) mass is 298 g/mol. The van der Waals surface area contributed by atoms with Gasteiger partial charge in [-0.1, -0.05) is 6.07 Å². The Morgan fingerprint density at radius 3 is 3.00 bits per heavy atom. The van der Waals surface area contributed by atoms with Crippen molar-refractivity contribution in [2.75, 3.05) is 18.9 Å². The van der Waals surface area contributed by atoms with Crippen LogP contribution in [-0.4, -0.2) is 18.8 Å². The summed E-state index contributed by atoms with van der Waals surface area (Å²) in [5, 5.41) is 3.57. The second-order valence-electron chi connectivity index (χ2n) is 4.93. The van der Waals surface area contributed by atoms with E-state index in [0.29, 0.717) is 0 Å². The predicted octanol–water partition coefficient (Wildman–Crippen LogP) is 2.69. The van der Waals surface area contributed by atoms with Gasteiger partial charge in [-0.2, -0.15) is 0 Å². The molecule has 17 heavy (non-hydrogen) atoms. The standard InChI is InChI=1S/C13H19BrN2O/c1-13(5-2-6-17-9-13)16-8-10-3-4-12(15)11(14)7-10/h3-4,7,16H,2,5-6,8-9,15H2,1H3. The van der Waals surface area contributed by atoms with Gasteiger partial charge in [0.1, 0.15) is 0 Å². The zero-order chi connectivity index (χ0) is 12.3. The molecule has 0 spiro atoms. The molecule has 0 aromatic heterocycles. The Bertz CT molecular complexity index is 389. The van der Waals surface area contributed by atoms with E-state index in [1.165, 1.54) is 12.0 Å². The van der Waals surface area contributed by atoms with Crippen LogP contribution in [0.15, 0.2) is 22.7 Å². The molecular formula is C13H19BrN2O. The molecule has 94 valence electrons. The molecule has 0 saturated carbocycles. The number of nitrogens with one attached hydrogen (secondary N) is 1. The summed E-state index contributed by atoms with van der Waals surface area (Å²) in [4.78, 5) is 0. The summed E-state index contributed by atoms with van der Waals surface area (Å²) in [5.74, 6) is 0. The highest BCUT2D eigenvalue weighted by atomic mass is 79.9. The molecule has 1 aromatic carbocycles. The average Bonchev–Trinajstić information content (AvgIpc) is 2.32. The normalized spacial score (nSPS) is 24.8. The molecule has 4 heteroatoms. The van der Waals surface area contributed by atoms with Crippen molar-refractivity contribution in [1.29, 1.82) is 0 Å². The van der Waals surface area contributed by atoms with E-state index >= 15 is 0 Å². The number of hydrogen-bond acceptors (Lipinski definition) is 3. The number of halogens is 1. The smallest absolute Gasteiger partial charge is 0.0645 e. The quantitative estimate of drug-likeness (QED) is 0.844. The predicted molar refractivity (Wildman–Crippen MR) is 73.9 cm³/mol. The van der Waals surface area contributed by atoms with Crippen LogP contribution in [0.3, 0.4) is 0 Å². The van der Waals surface area contributed by atoms with E-state index in [1.807, 2.05) is 6.07 Å². The lowest BCUT2D eigenvalue weighted by molar-refractivity contribution is 0.0278. The van der Waals surface area contributed by atoms with Crippen LogP contribution in [-0.2, 0) is 11.3 Å². The maximum absolute atomic E-state index is 5.77. The van der Waals surface area contributed by atoms with E-state index in [0.717, 1.165) is 36.3 Å². The number of rotatable bonds is 3. The zero-order valence-corrected chi connectivity index (χ0v) is 11.7. The summed E-state index contributed by atoms with van der Waals surface area (Å²) in [5.41, 5.74) is 7.88. The molecule has 1 heterocycles. The Kier molecular flexibility index (Phi) is 4.07. The summed E-state index contributed by atoms with van der Waals surface area (Å²) < 4.78 is 6.48. The molecule has 1 aliphatic rings.